The number of nitrogens with two attached hydrogens (primary N) is 1. The third kappa shape index (κ3) is 3.87. The molecule has 1 rings (SSSR count). The Bertz CT molecular complexity index is 426. The molecule has 0 aromatic carbocycles. The van der Waals surface area contributed by atoms with Gasteiger partial charge in [-0.15, -0.1) is 0 Å². The second-order valence-corrected chi connectivity index (χ2v) is 4.22. The van der Waals surface area contributed by atoms with Gasteiger partial charge < -0.3 is 10.6 Å². The average Bonchev–Trinajstić information content (AvgIpc) is 2.73. The molecule has 0 saturated heterocycles. The first-order valence-corrected chi connectivity index (χ1v) is 5.96. The number of carbonyl (C=O) groups excluding carboxylic acids is 1. The molecule has 0 aliphatic carbocycles. The van der Waals surface area contributed by atoms with Crippen molar-refractivity contribution in [1.82, 2.24) is 15.1 Å². The van der Waals surface area contributed by atoms with Gasteiger partial charge in [-0.05, 0) is 12.8 Å². The van der Waals surface area contributed by atoms with E-state index in [1.807, 2.05) is 0 Å². The van der Waals surface area contributed by atoms with Crippen LogP contribution in [0.25, 0.3) is 0 Å². The minimum absolute atomic E-state index is 0.0446. The van der Waals surface area contributed by atoms with Crippen molar-refractivity contribution in [2.24, 2.45) is 0 Å². The van der Waals surface area contributed by atoms with Gasteiger partial charge in [-0.3, -0.25) is 9.89 Å². The van der Waals surface area contributed by atoms with E-state index in [0.717, 1.165) is 4.90 Å². The predicted octanol–water partition coefficient (Wildman–Crippen LogP) is 2.19. The summed E-state index contributed by atoms with van der Waals surface area (Å²) in [5.74, 6) is -0.777. The van der Waals surface area contributed by atoms with Gasteiger partial charge in [0.1, 0.15) is 12.2 Å². The van der Waals surface area contributed by atoms with Crippen LogP contribution < -0.4 is 5.73 Å². The van der Waals surface area contributed by atoms with Gasteiger partial charge in [-0.1, -0.05) is 13.8 Å². The molecule has 3 N–H and O–H groups in total. The smallest absolute Gasteiger partial charge is 0.396 e. The summed E-state index contributed by atoms with van der Waals surface area (Å²) in [5, 5.41) is 5.89. The average molecular weight is 278 g/mol. The Labute approximate surface area is 109 Å². The van der Waals surface area contributed by atoms with E-state index in [2.05, 4.69) is 10.2 Å². The maximum Gasteiger partial charge on any atom is 0.406 e. The lowest BCUT2D eigenvalue weighted by molar-refractivity contribution is -0.145. The first kappa shape index (κ1) is 15.3. The highest BCUT2D eigenvalue weighted by atomic mass is 19.4. The molecule has 0 saturated carbocycles. The number of alkyl halides is 3. The van der Waals surface area contributed by atoms with Gasteiger partial charge in [-0.25, -0.2) is 0 Å². The third-order valence-electron chi connectivity index (χ3n) is 2.88. The first-order valence-electron chi connectivity index (χ1n) is 5.96. The zero-order chi connectivity index (χ0) is 14.6. The zero-order valence-corrected chi connectivity index (χ0v) is 10.8. The molecular formula is C11H17F3N4O. The van der Waals surface area contributed by atoms with E-state index in [9.17, 15) is 18.0 Å². The van der Waals surface area contributed by atoms with Crippen molar-refractivity contribution < 1.29 is 18.0 Å². The van der Waals surface area contributed by atoms with Crippen LogP contribution in [-0.4, -0.2) is 39.8 Å². The molecule has 1 aromatic heterocycles. The highest BCUT2D eigenvalue weighted by Crippen LogP contribution is 2.23. The summed E-state index contributed by atoms with van der Waals surface area (Å²) in [6.45, 7) is 2.18. The van der Waals surface area contributed by atoms with E-state index in [1.165, 1.54) is 6.20 Å². The van der Waals surface area contributed by atoms with E-state index in [1.54, 1.807) is 13.8 Å². The molecule has 0 atom stereocenters. The lowest BCUT2D eigenvalue weighted by atomic mass is 10.1. The molecule has 0 aliphatic rings. The van der Waals surface area contributed by atoms with E-state index in [0.29, 0.717) is 12.8 Å². The quantitative estimate of drug-likeness (QED) is 0.866. The topological polar surface area (TPSA) is 75.0 Å². The summed E-state index contributed by atoms with van der Waals surface area (Å²) in [4.78, 5) is 12.9. The molecular weight excluding hydrogens is 261 g/mol. The number of aromatic amines is 1. The molecule has 0 unspecified atom stereocenters. The van der Waals surface area contributed by atoms with Crippen LogP contribution in [0.5, 0.6) is 0 Å². The molecule has 0 bridgehead atoms. The van der Waals surface area contributed by atoms with Gasteiger partial charge in [0.2, 0.25) is 0 Å². The van der Waals surface area contributed by atoms with Crippen LogP contribution in [0.3, 0.4) is 0 Å². The molecule has 0 radical (unpaired) electrons. The molecule has 8 heteroatoms. The largest absolute Gasteiger partial charge is 0.406 e. The van der Waals surface area contributed by atoms with Crippen molar-refractivity contribution >= 4 is 11.6 Å². The Morgan fingerprint density at radius 3 is 2.42 bits per heavy atom. The second kappa shape index (κ2) is 5.94. The fraction of sp³-hybridized carbons (Fsp3) is 0.636. The number of anilines is 1. The van der Waals surface area contributed by atoms with Crippen LogP contribution in [-0.2, 0) is 0 Å². The number of hydrogen-bond donors (Lipinski definition) is 2. The summed E-state index contributed by atoms with van der Waals surface area (Å²) in [5.41, 5.74) is 5.45. The number of nitrogen functional groups attached to an aromatic ring is 1. The molecule has 0 fully saturated rings. The highest BCUT2D eigenvalue weighted by Gasteiger charge is 2.36. The van der Waals surface area contributed by atoms with Crippen molar-refractivity contribution in [3.8, 4) is 0 Å². The molecule has 108 valence electrons. The SMILES string of the molecule is CCC(CC)N(CC(F)(F)F)C(=O)c1[nH]ncc1N. The van der Waals surface area contributed by atoms with Crippen molar-refractivity contribution in [1.29, 1.82) is 0 Å². The van der Waals surface area contributed by atoms with Crippen LogP contribution in [0.1, 0.15) is 37.2 Å². The third-order valence-corrected chi connectivity index (χ3v) is 2.88. The molecule has 1 heterocycles. The number of nitrogens with one attached hydrogen (secondary N) is 1. The minimum atomic E-state index is -4.45. The Kier molecular flexibility index (Phi) is 4.79. The lowest BCUT2D eigenvalue weighted by Gasteiger charge is -2.31. The van der Waals surface area contributed by atoms with Crippen LogP contribution in [0, 0.1) is 0 Å². The van der Waals surface area contributed by atoms with Gasteiger partial charge in [0, 0.05) is 6.04 Å². The van der Waals surface area contributed by atoms with Crippen LogP contribution in [0.15, 0.2) is 6.20 Å². The number of H-pyrrole nitrogens is 1. The lowest BCUT2D eigenvalue weighted by Crippen LogP contribution is -2.45. The number of halogens is 3. The van der Waals surface area contributed by atoms with Gasteiger partial charge in [0.05, 0.1) is 11.9 Å². The van der Waals surface area contributed by atoms with Crippen LogP contribution >= 0.6 is 0 Å². The van der Waals surface area contributed by atoms with Crippen LogP contribution in [0.2, 0.25) is 0 Å². The van der Waals surface area contributed by atoms with Crippen LogP contribution in [0.4, 0.5) is 18.9 Å². The van der Waals surface area contributed by atoms with Gasteiger partial charge in [-0.2, -0.15) is 18.3 Å². The number of amides is 1. The Morgan fingerprint density at radius 1 is 1.47 bits per heavy atom. The standard InChI is InChI=1S/C11H17F3N4O/c1-3-7(4-2)18(6-11(12,13)14)10(19)9-8(15)5-16-17-9/h5,7H,3-4,6,15H2,1-2H3,(H,16,17). The number of hydrogen-bond acceptors (Lipinski definition) is 3. The van der Waals surface area contributed by atoms with Gasteiger partial charge >= 0.3 is 6.18 Å². The first-order chi connectivity index (χ1) is 8.80. The monoisotopic (exact) mass is 278 g/mol. The molecule has 5 nitrogen and oxygen atoms in total. The normalized spacial score (nSPS) is 11.9. The van der Waals surface area contributed by atoms with E-state index in [4.69, 9.17) is 5.73 Å². The van der Waals surface area contributed by atoms with Gasteiger partial charge in [0.15, 0.2) is 0 Å². The maximum atomic E-state index is 12.6. The fourth-order valence-corrected chi connectivity index (χ4v) is 1.90. The highest BCUT2D eigenvalue weighted by molar-refractivity contribution is 5.97. The molecule has 1 aromatic rings. The number of carbonyl (C=O) groups is 1. The summed E-state index contributed by atoms with van der Waals surface area (Å²) >= 11 is 0. The molecule has 1 amide bonds. The summed E-state index contributed by atoms with van der Waals surface area (Å²) in [6, 6.07) is -0.489. The maximum absolute atomic E-state index is 12.6. The molecule has 19 heavy (non-hydrogen) atoms. The summed E-state index contributed by atoms with van der Waals surface area (Å²) in [7, 11) is 0. The van der Waals surface area contributed by atoms with Crippen molar-refractivity contribution in [3.05, 3.63) is 11.9 Å². The van der Waals surface area contributed by atoms with E-state index in [-0.39, 0.29) is 11.4 Å². The van der Waals surface area contributed by atoms with Gasteiger partial charge in [0.25, 0.3) is 5.91 Å². The summed E-state index contributed by atoms with van der Waals surface area (Å²) < 4.78 is 37.8. The Hall–Kier alpha value is -1.73. The van der Waals surface area contributed by atoms with E-state index < -0.39 is 24.7 Å². The Morgan fingerprint density at radius 2 is 2.05 bits per heavy atom. The summed E-state index contributed by atoms with van der Waals surface area (Å²) in [6.07, 6.45) is -2.38. The number of rotatable bonds is 5. The van der Waals surface area contributed by atoms with Crippen molar-refractivity contribution in [2.75, 3.05) is 12.3 Å². The van der Waals surface area contributed by atoms with Crippen molar-refractivity contribution in [2.45, 2.75) is 38.9 Å². The fourth-order valence-electron chi connectivity index (χ4n) is 1.90. The molecule has 0 spiro atoms. The minimum Gasteiger partial charge on any atom is -0.396 e. The number of nitrogens with zero attached hydrogens (tertiary/aromatic N) is 2. The number of aromatic nitrogens is 2. The second-order valence-electron chi connectivity index (χ2n) is 4.22. The zero-order valence-electron chi connectivity index (χ0n) is 10.8. The molecule has 0 aliphatic heterocycles. The predicted molar refractivity (Wildman–Crippen MR) is 64.5 cm³/mol. The van der Waals surface area contributed by atoms with Crippen molar-refractivity contribution in [3.63, 3.8) is 0 Å². The van der Waals surface area contributed by atoms with E-state index >= 15 is 0 Å². The Balaban J connectivity index is 3.02.